The van der Waals surface area contributed by atoms with Crippen LogP contribution in [0, 0.1) is 12.3 Å². The largest absolute Gasteiger partial charge is 0.481 e. The second kappa shape index (κ2) is 13.9. The number of benzene rings is 3. The van der Waals surface area contributed by atoms with Gasteiger partial charge in [0.2, 0.25) is 0 Å². The SMILES string of the molecule is C#CCOc1ccc(/C=N\NC(=O)[C@H](Cc2ccccc2)NC(=O)[C@H](C)Oc2ccc(Cl)cc2Cl)cc1. The number of hydrogen-bond acceptors (Lipinski definition) is 5. The van der Waals surface area contributed by atoms with E-state index in [1.54, 1.807) is 43.3 Å². The van der Waals surface area contributed by atoms with Gasteiger partial charge in [0.15, 0.2) is 6.10 Å². The van der Waals surface area contributed by atoms with Crippen molar-refractivity contribution in [1.29, 1.82) is 0 Å². The van der Waals surface area contributed by atoms with Gasteiger partial charge in [-0.1, -0.05) is 59.5 Å². The standard InChI is InChI=1S/C28H25Cl2N3O4/c1-3-15-36-23-12-9-21(10-13-23)18-31-33-28(35)25(16-20-7-5-4-6-8-20)32-27(34)19(2)37-26-14-11-22(29)17-24(26)30/h1,4-14,17-19,25H,15-16H2,2H3,(H,32,34)(H,33,35)/b31-18-/t19-,25-/m0/s1. The molecule has 9 heteroatoms. The number of hydrazone groups is 1. The number of terminal acetylenes is 1. The van der Waals surface area contributed by atoms with Crippen molar-refractivity contribution in [3.05, 3.63) is 94.0 Å². The van der Waals surface area contributed by atoms with Gasteiger partial charge in [-0.3, -0.25) is 9.59 Å². The molecule has 0 heterocycles. The summed E-state index contributed by atoms with van der Waals surface area (Å²) in [6.07, 6.45) is 6.00. The summed E-state index contributed by atoms with van der Waals surface area (Å²) in [7, 11) is 0. The molecule has 7 nitrogen and oxygen atoms in total. The van der Waals surface area contributed by atoms with Crippen LogP contribution in [-0.2, 0) is 16.0 Å². The van der Waals surface area contributed by atoms with E-state index in [0.29, 0.717) is 16.5 Å². The van der Waals surface area contributed by atoms with E-state index in [2.05, 4.69) is 21.8 Å². The number of amides is 2. The molecule has 0 fully saturated rings. The van der Waals surface area contributed by atoms with Gasteiger partial charge < -0.3 is 14.8 Å². The van der Waals surface area contributed by atoms with E-state index >= 15 is 0 Å². The van der Waals surface area contributed by atoms with Crippen LogP contribution in [-0.4, -0.2) is 36.8 Å². The average Bonchev–Trinajstić information content (AvgIpc) is 2.89. The lowest BCUT2D eigenvalue weighted by Gasteiger charge is -2.21. The third-order valence-corrected chi connectivity index (χ3v) is 5.60. The molecule has 2 amide bonds. The van der Waals surface area contributed by atoms with Crippen LogP contribution in [0.25, 0.3) is 0 Å². The molecule has 3 aromatic carbocycles. The third kappa shape index (κ3) is 8.87. The number of nitrogens with zero attached hydrogens (tertiary/aromatic N) is 1. The Hall–Kier alpha value is -3.99. The molecule has 3 aromatic rings. The Bertz CT molecular complexity index is 1270. The molecule has 0 spiro atoms. The van der Waals surface area contributed by atoms with Gasteiger partial charge in [-0.25, -0.2) is 5.43 Å². The van der Waals surface area contributed by atoms with Gasteiger partial charge in [0.1, 0.15) is 24.1 Å². The quantitative estimate of drug-likeness (QED) is 0.211. The molecule has 2 N–H and O–H groups in total. The molecule has 190 valence electrons. The third-order valence-electron chi connectivity index (χ3n) is 5.07. The number of hydrogen-bond donors (Lipinski definition) is 2. The Morgan fingerprint density at radius 2 is 1.78 bits per heavy atom. The summed E-state index contributed by atoms with van der Waals surface area (Å²) in [5, 5.41) is 7.49. The molecule has 0 unspecified atom stereocenters. The molecule has 2 atom stereocenters. The lowest BCUT2D eigenvalue weighted by molar-refractivity contribution is -0.132. The summed E-state index contributed by atoms with van der Waals surface area (Å²) in [5.41, 5.74) is 4.09. The number of rotatable bonds is 11. The number of carbonyl (C=O) groups excluding carboxylic acids is 2. The Labute approximate surface area is 225 Å². The van der Waals surface area contributed by atoms with Crippen LogP contribution >= 0.6 is 23.2 Å². The van der Waals surface area contributed by atoms with Gasteiger partial charge in [0, 0.05) is 11.4 Å². The second-order valence-electron chi connectivity index (χ2n) is 7.88. The van der Waals surface area contributed by atoms with Crippen molar-refractivity contribution >= 4 is 41.2 Å². The van der Waals surface area contributed by atoms with E-state index in [4.69, 9.17) is 39.1 Å². The molecule has 0 aliphatic carbocycles. The van der Waals surface area contributed by atoms with Crippen LogP contribution in [0.15, 0.2) is 77.9 Å². The maximum atomic E-state index is 13.0. The van der Waals surface area contributed by atoms with E-state index in [-0.39, 0.29) is 18.1 Å². The zero-order valence-corrected chi connectivity index (χ0v) is 21.5. The molecule has 0 aliphatic heterocycles. The van der Waals surface area contributed by atoms with Crippen molar-refractivity contribution in [1.82, 2.24) is 10.7 Å². The minimum Gasteiger partial charge on any atom is -0.481 e. The van der Waals surface area contributed by atoms with E-state index in [1.807, 2.05) is 30.3 Å². The summed E-state index contributed by atoms with van der Waals surface area (Å²) >= 11 is 12.1. The van der Waals surface area contributed by atoms with Gasteiger partial charge in [-0.15, -0.1) is 6.42 Å². The summed E-state index contributed by atoms with van der Waals surface area (Å²) in [5.74, 6) is 2.35. The summed E-state index contributed by atoms with van der Waals surface area (Å²) in [4.78, 5) is 25.8. The zero-order chi connectivity index (χ0) is 26.6. The predicted molar refractivity (Wildman–Crippen MR) is 145 cm³/mol. The Morgan fingerprint density at radius 1 is 1.05 bits per heavy atom. The van der Waals surface area contributed by atoms with Crippen molar-refractivity contribution in [3.8, 4) is 23.8 Å². The molecule has 0 bridgehead atoms. The molecule has 0 saturated heterocycles. The number of nitrogens with one attached hydrogen (secondary N) is 2. The monoisotopic (exact) mass is 537 g/mol. The molecule has 0 aromatic heterocycles. The first kappa shape index (κ1) is 27.6. The van der Waals surface area contributed by atoms with Gasteiger partial charge in [0.05, 0.1) is 11.2 Å². The van der Waals surface area contributed by atoms with E-state index in [1.165, 1.54) is 12.3 Å². The van der Waals surface area contributed by atoms with E-state index in [9.17, 15) is 9.59 Å². The summed E-state index contributed by atoms with van der Waals surface area (Å²) in [6.45, 7) is 1.74. The first-order chi connectivity index (χ1) is 17.9. The van der Waals surface area contributed by atoms with Crippen LogP contribution < -0.4 is 20.2 Å². The Morgan fingerprint density at radius 3 is 2.46 bits per heavy atom. The van der Waals surface area contributed by atoms with Crippen LogP contribution in [0.3, 0.4) is 0 Å². The van der Waals surface area contributed by atoms with E-state index < -0.39 is 24.0 Å². The highest BCUT2D eigenvalue weighted by atomic mass is 35.5. The fraction of sp³-hybridized carbons (Fsp3) is 0.179. The number of ether oxygens (including phenoxy) is 2. The number of halogens is 2. The smallest absolute Gasteiger partial charge is 0.262 e. The normalized spacial score (nSPS) is 12.3. The zero-order valence-electron chi connectivity index (χ0n) is 20.0. The maximum Gasteiger partial charge on any atom is 0.262 e. The molecule has 0 aliphatic rings. The maximum absolute atomic E-state index is 13.0. The lowest BCUT2D eigenvalue weighted by atomic mass is 10.1. The molecule has 3 rings (SSSR count). The average molecular weight is 538 g/mol. The van der Waals surface area contributed by atoms with Gasteiger partial charge in [0.25, 0.3) is 11.8 Å². The van der Waals surface area contributed by atoms with Crippen LogP contribution in [0.1, 0.15) is 18.1 Å². The van der Waals surface area contributed by atoms with Crippen molar-refractivity contribution < 1.29 is 19.1 Å². The lowest BCUT2D eigenvalue weighted by Crippen LogP contribution is -2.50. The molecule has 37 heavy (non-hydrogen) atoms. The van der Waals surface area contributed by atoms with Crippen molar-refractivity contribution in [2.75, 3.05) is 6.61 Å². The highest BCUT2D eigenvalue weighted by Gasteiger charge is 2.25. The van der Waals surface area contributed by atoms with E-state index in [0.717, 1.165) is 11.1 Å². The van der Waals surface area contributed by atoms with Gasteiger partial charge in [-0.2, -0.15) is 5.10 Å². The minimum atomic E-state index is -0.927. The fourth-order valence-corrected chi connectivity index (χ4v) is 3.64. The first-order valence-corrected chi connectivity index (χ1v) is 12.1. The topological polar surface area (TPSA) is 89.0 Å². The first-order valence-electron chi connectivity index (χ1n) is 11.3. The van der Waals surface area contributed by atoms with Crippen LogP contribution in [0.4, 0.5) is 0 Å². The Balaban J connectivity index is 1.65. The summed E-state index contributed by atoms with van der Waals surface area (Å²) in [6, 6.07) is 20.1. The second-order valence-corrected chi connectivity index (χ2v) is 8.73. The Kier molecular flexibility index (Phi) is 10.4. The van der Waals surface area contributed by atoms with Crippen molar-refractivity contribution in [3.63, 3.8) is 0 Å². The highest BCUT2D eigenvalue weighted by molar-refractivity contribution is 6.35. The van der Waals surface area contributed by atoms with Crippen LogP contribution in [0.2, 0.25) is 10.0 Å². The molecule has 0 radical (unpaired) electrons. The molecular formula is C28H25Cl2N3O4. The minimum absolute atomic E-state index is 0.175. The highest BCUT2D eigenvalue weighted by Crippen LogP contribution is 2.28. The predicted octanol–water partition coefficient (Wildman–Crippen LogP) is 4.65. The van der Waals surface area contributed by atoms with Crippen molar-refractivity contribution in [2.24, 2.45) is 5.10 Å². The van der Waals surface area contributed by atoms with Crippen LogP contribution in [0.5, 0.6) is 11.5 Å². The molecular weight excluding hydrogens is 513 g/mol. The summed E-state index contributed by atoms with van der Waals surface area (Å²) < 4.78 is 11.0. The van der Waals surface area contributed by atoms with Gasteiger partial charge in [-0.05, 0) is 60.5 Å². The molecule has 0 saturated carbocycles. The van der Waals surface area contributed by atoms with Gasteiger partial charge >= 0.3 is 0 Å². The fourth-order valence-electron chi connectivity index (χ4n) is 3.19. The van der Waals surface area contributed by atoms with Crippen molar-refractivity contribution in [2.45, 2.75) is 25.5 Å². The number of carbonyl (C=O) groups is 2.